The van der Waals surface area contributed by atoms with Gasteiger partial charge in [0.1, 0.15) is 25.5 Å². The fourth-order valence-electron chi connectivity index (χ4n) is 2.24. The first-order chi connectivity index (χ1) is 11.2. The van der Waals surface area contributed by atoms with Crippen LogP contribution in [0, 0.1) is 11.3 Å². The average molecular weight is 313 g/mol. The first-order valence-electron chi connectivity index (χ1n) is 7.07. The van der Waals surface area contributed by atoms with Crippen molar-refractivity contribution in [2.24, 2.45) is 0 Å². The number of ether oxygens (including phenoxy) is 2. The van der Waals surface area contributed by atoms with E-state index in [0.717, 1.165) is 0 Å². The molecule has 0 saturated carbocycles. The van der Waals surface area contributed by atoms with Crippen molar-refractivity contribution in [1.82, 2.24) is 19.7 Å². The molecule has 1 aromatic heterocycles. The van der Waals surface area contributed by atoms with E-state index in [9.17, 15) is 4.79 Å². The van der Waals surface area contributed by atoms with Crippen LogP contribution in [0.5, 0.6) is 11.5 Å². The maximum atomic E-state index is 12.2. The SMILES string of the molecule is CN(C[C@@H]1COc2ccccc2O1)C(=O)Cn1cnc(C#N)n1. The maximum Gasteiger partial charge on any atom is 0.252 e. The highest BCUT2D eigenvalue weighted by Gasteiger charge is 2.23. The van der Waals surface area contributed by atoms with Gasteiger partial charge >= 0.3 is 0 Å². The number of fused-ring (bicyclic) bond motifs is 1. The number of aromatic nitrogens is 3. The zero-order chi connectivity index (χ0) is 16.2. The lowest BCUT2D eigenvalue weighted by molar-refractivity contribution is -0.132. The van der Waals surface area contributed by atoms with Crippen LogP contribution in [0.25, 0.3) is 0 Å². The van der Waals surface area contributed by atoms with Gasteiger partial charge in [-0.15, -0.1) is 5.10 Å². The van der Waals surface area contributed by atoms with Gasteiger partial charge in [-0.3, -0.25) is 4.79 Å². The summed E-state index contributed by atoms with van der Waals surface area (Å²) in [7, 11) is 1.69. The molecular formula is C15H15N5O3. The molecule has 0 radical (unpaired) electrons. The third-order valence-electron chi connectivity index (χ3n) is 3.40. The number of carbonyl (C=O) groups excluding carboxylic acids is 1. The van der Waals surface area contributed by atoms with Crippen LogP contribution in [-0.4, -0.2) is 51.9 Å². The molecule has 3 rings (SSSR count). The molecule has 2 aromatic rings. The minimum Gasteiger partial charge on any atom is -0.486 e. The Labute approximate surface area is 132 Å². The number of carbonyl (C=O) groups is 1. The molecule has 0 unspecified atom stereocenters. The summed E-state index contributed by atoms with van der Waals surface area (Å²) in [6.45, 7) is 0.804. The largest absolute Gasteiger partial charge is 0.486 e. The van der Waals surface area contributed by atoms with Gasteiger partial charge in [0.2, 0.25) is 5.91 Å². The number of nitrogens with zero attached hydrogens (tertiary/aromatic N) is 5. The molecule has 1 atom stereocenters. The van der Waals surface area contributed by atoms with Crippen molar-refractivity contribution in [2.75, 3.05) is 20.2 Å². The first kappa shape index (κ1) is 14.8. The predicted molar refractivity (Wildman–Crippen MR) is 78.7 cm³/mol. The van der Waals surface area contributed by atoms with Gasteiger partial charge in [0, 0.05) is 7.05 Å². The van der Waals surface area contributed by atoms with Crippen LogP contribution in [0.3, 0.4) is 0 Å². The van der Waals surface area contributed by atoms with Crippen molar-refractivity contribution >= 4 is 5.91 Å². The number of likely N-dealkylation sites (N-methyl/N-ethyl adjacent to an activating group) is 1. The van der Waals surface area contributed by atoms with Gasteiger partial charge in [-0.2, -0.15) is 5.26 Å². The van der Waals surface area contributed by atoms with Crippen LogP contribution < -0.4 is 9.47 Å². The number of hydrogen-bond acceptors (Lipinski definition) is 6. The van der Waals surface area contributed by atoms with Crippen molar-refractivity contribution in [2.45, 2.75) is 12.6 Å². The Morgan fingerprint density at radius 3 is 3.00 bits per heavy atom. The Morgan fingerprint density at radius 1 is 1.48 bits per heavy atom. The number of amides is 1. The molecule has 0 aliphatic carbocycles. The average Bonchev–Trinajstić information content (AvgIpc) is 3.02. The fraction of sp³-hybridized carbons (Fsp3) is 0.333. The second-order valence-electron chi connectivity index (χ2n) is 5.15. The predicted octanol–water partition coefficient (Wildman–Crippen LogP) is 0.448. The number of nitriles is 1. The Bertz CT molecular complexity index is 752. The molecule has 1 aliphatic rings. The van der Waals surface area contributed by atoms with Gasteiger partial charge < -0.3 is 14.4 Å². The molecule has 8 nitrogen and oxygen atoms in total. The summed E-state index contributed by atoms with van der Waals surface area (Å²) in [5, 5.41) is 12.5. The standard InChI is InChI=1S/C15H15N5O3/c1-19(15(21)8-20-10-17-14(6-16)18-20)7-11-9-22-12-4-2-3-5-13(12)23-11/h2-5,10-11H,7-9H2,1H3/t11-/m1/s1. The summed E-state index contributed by atoms with van der Waals surface area (Å²) in [4.78, 5) is 17.5. The van der Waals surface area contributed by atoms with E-state index in [2.05, 4.69) is 10.1 Å². The Morgan fingerprint density at radius 2 is 2.26 bits per heavy atom. The summed E-state index contributed by atoms with van der Waals surface area (Å²) in [6, 6.07) is 9.25. The molecule has 23 heavy (non-hydrogen) atoms. The van der Waals surface area contributed by atoms with E-state index in [1.807, 2.05) is 30.3 Å². The number of benzene rings is 1. The van der Waals surface area contributed by atoms with E-state index >= 15 is 0 Å². The minimum atomic E-state index is -0.232. The molecular weight excluding hydrogens is 298 g/mol. The Balaban J connectivity index is 1.56. The smallest absolute Gasteiger partial charge is 0.252 e. The van der Waals surface area contributed by atoms with Crippen LogP contribution in [0.2, 0.25) is 0 Å². The monoisotopic (exact) mass is 313 g/mol. The van der Waals surface area contributed by atoms with Gasteiger partial charge in [0.15, 0.2) is 17.6 Å². The van der Waals surface area contributed by atoms with Gasteiger partial charge in [-0.05, 0) is 12.1 Å². The first-order valence-corrected chi connectivity index (χ1v) is 7.07. The fourth-order valence-corrected chi connectivity index (χ4v) is 2.24. The van der Waals surface area contributed by atoms with Crippen molar-refractivity contribution in [3.05, 3.63) is 36.4 Å². The van der Waals surface area contributed by atoms with Gasteiger partial charge in [0.05, 0.1) is 6.54 Å². The van der Waals surface area contributed by atoms with Crippen LogP contribution in [-0.2, 0) is 11.3 Å². The van der Waals surface area contributed by atoms with Crippen molar-refractivity contribution in [3.63, 3.8) is 0 Å². The third kappa shape index (κ3) is 3.40. The normalized spacial score (nSPS) is 15.7. The molecule has 1 amide bonds. The molecule has 2 heterocycles. The number of para-hydroxylation sites is 2. The zero-order valence-corrected chi connectivity index (χ0v) is 12.5. The van der Waals surface area contributed by atoms with Crippen molar-refractivity contribution in [1.29, 1.82) is 5.26 Å². The van der Waals surface area contributed by atoms with E-state index in [1.165, 1.54) is 11.0 Å². The molecule has 1 aromatic carbocycles. The highest BCUT2D eigenvalue weighted by Crippen LogP contribution is 2.30. The summed E-state index contributed by atoms with van der Waals surface area (Å²) < 4.78 is 12.8. The Kier molecular flexibility index (Phi) is 4.10. The molecule has 8 heteroatoms. The van der Waals surface area contributed by atoms with Gasteiger partial charge in [0.25, 0.3) is 5.82 Å². The summed E-state index contributed by atoms with van der Waals surface area (Å²) in [5.41, 5.74) is 0. The molecule has 0 saturated heterocycles. The summed E-state index contributed by atoms with van der Waals surface area (Å²) in [6.07, 6.45) is 1.13. The lowest BCUT2D eigenvalue weighted by Gasteiger charge is -2.29. The molecule has 0 bridgehead atoms. The molecule has 118 valence electrons. The van der Waals surface area contributed by atoms with E-state index in [-0.39, 0.29) is 24.4 Å². The highest BCUT2D eigenvalue weighted by molar-refractivity contribution is 5.75. The van der Waals surface area contributed by atoms with Crippen molar-refractivity contribution in [3.8, 4) is 17.6 Å². The molecule has 0 fully saturated rings. The molecule has 0 spiro atoms. The number of hydrogen-bond donors (Lipinski definition) is 0. The van der Waals surface area contributed by atoms with Crippen LogP contribution in [0.1, 0.15) is 5.82 Å². The summed E-state index contributed by atoms with van der Waals surface area (Å²) >= 11 is 0. The molecule has 0 N–H and O–H groups in total. The minimum absolute atomic E-state index is 0.0232. The summed E-state index contributed by atoms with van der Waals surface area (Å²) in [5.74, 6) is 1.28. The third-order valence-corrected chi connectivity index (χ3v) is 3.40. The molecule has 1 aliphatic heterocycles. The second-order valence-corrected chi connectivity index (χ2v) is 5.15. The van der Waals surface area contributed by atoms with Gasteiger partial charge in [-0.1, -0.05) is 12.1 Å². The maximum absolute atomic E-state index is 12.2. The van der Waals surface area contributed by atoms with Crippen molar-refractivity contribution < 1.29 is 14.3 Å². The van der Waals surface area contributed by atoms with Crippen LogP contribution >= 0.6 is 0 Å². The van der Waals surface area contributed by atoms with E-state index in [0.29, 0.717) is 24.7 Å². The number of rotatable bonds is 4. The van der Waals surface area contributed by atoms with Crippen LogP contribution in [0.15, 0.2) is 30.6 Å². The van der Waals surface area contributed by atoms with Crippen LogP contribution in [0.4, 0.5) is 0 Å². The van der Waals surface area contributed by atoms with E-state index in [1.54, 1.807) is 11.9 Å². The lowest BCUT2D eigenvalue weighted by Crippen LogP contribution is -2.42. The Hall–Kier alpha value is -3.08. The van der Waals surface area contributed by atoms with Gasteiger partial charge in [-0.25, -0.2) is 9.67 Å². The zero-order valence-electron chi connectivity index (χ0n) is 12.5. The highest BCUT2D eigenvalue weighted by atomic mass is 16.6. The topological polar surface area (TPSA) is 93.3 Å². The second kappa shape index (κ2) is 6.36. The quantitative estimate of drug-likeness (QED) is 0.813. The van der Waals surface area contributed by atoms with E-state index < -0.39 is 0 Å². The lowest BCUT2D eigenvalue weighted by atomic mass is 10.2. The van der Waals surface area contributed by atoms with E-state index in [4.69, 9.17) is 14.7 Å².